The number of H-pyrrole nitrogens is 1. The van der Waals surface area contributed by atoms with Crippen LogP contribution in [0.5, 0.6) is 0 Å². The number of aromatic nitrogens is 1. The van der Waals surface area contributed by atoms with E-state index in [9.17, 15) is 4.79 Å². The summed E-state index contributed by atoms with van der Waals surface area (Å²) in [6.45, 7) is 0.792. The van der Waals surface area contributed by atoms with Crippen LogP contribution < -0.4 is 0 Å². The van der Waals surface area contributed by atoms with Crippen LogP contribution in [0.1, 0.15) is 5.56 Å². The Kier molecular flexibility index (Phi) is 1.90. The lowest BCUT2D eigenvalue weighted by Gasteiger charge is -1.90. The number of rotatable bonds is 3. The second-order valence-electron chi connectivity index (χ2n) is 1.63. The van der Waals surface area contributed by atoms with Gasteiger partial charge in [-0.3, -0.25) is 4.79 Å². The van der Waals surface area contributed by atoms with Crippen LogP contribution in [0.2, 0.25) is 0 Å². The number of hydrogen-bond acceptors (Lipinski definition) is 2. The lowest BCUT2D eigenvalue weighted by molar-refractivity contribution is -0.129. The Balaban J connectivity index is 2.38. The second-order valence-corrected chi connectivity index (χ2v) is 1.63. The molecule has 0 spiro atoms. The molecule has 0 amide bonds. The molecule has 1 rings (SSSR count). The maximum atomic E-state index is 9.67. The van der Waals surface area contributed by atoms with Crippen molar-refractivity contribution < 1.29 is 9.53 Å². The highest BCUT2D eigenvalue weighted by Gasteiger charge is 1.88. The molecular weight excluding hydrogens is 118 g/mol. The topological polar surface area (TPSA) is 42.1 Å². The van der Waals surface area contributed by atoms with Crippen molar-refractivity contribution in [3.63, 3.8) is 0 Å². The van der Waals surface area contributed by atoms with Gasteiger partial charge in [-0.05, 0) is 6.07 Å². The highest BCUT2D eigenvalue weighted by atomic mass is 16.5. The van der Waals surface area contributed by atoms with Gasteiger partial charge in [0.15, 0.2) is 0 Å². The van der Waals surface area contributed by atoms with Crippen molar-refractivity contribution in [2.24, 2.45) is 0 Å². The van der Waals surface area contributed by atoms with Crippen molar-refractivity contribution >= 4 is 6.47 Å². The molecule has 0 saturated carbocycles. The summed E-state index contributed by atoms with van der Waals surface area (Å²) in [5, 5.41) is 0. The molecule has 0 fully saturated rings. The molecule has 0 aliphatic carbocycles. The molecule has 0 aliphatic heterocycles. The molecule has 0 aliphatic rings. The van der Waals surface area contributed by atoms with Crippen LogP contribution in [-0.2, 0) is 16.1 Å². The van der Waals surface area contributed by atoms with E-state index in [-0.39, 0.29) is 0 Å². The van der Waals surface area contributed by atoms with Gasteiger partial charge >= 0.3 is 0 Å². The summed E-state index contributed by atoms with van der Waals surface area (Å²) in [6, 6.07) is 1.85. The van der Waals surface area contributed by atoms with Gasteiger partial charge in [0, 0.05) is 18.0 Å². The lowest BCUT2D eigenvalue weighted by Crippen LogP contribution is -1.86. The zero-order valence-corrected chi connectivity index (χ0v) is 4.83. The molecule has 3 nitrogen and oxygen atoms in total. The average Bonchev–Trinajstić information content (AvgIpc) is 2.34. The van der Waals surface area contributed by atoms with Crippen molar-refractivity contribution in [3.8, 4) is 0 Å². The monoisotopic (exact) mass is 125 g/mol. The largest absolute Gasteiger partial charge is 0.463 e. The maximum Gasteiger partial charge on any atom is 0.293 e. The van der Waals surface area contributed by atoms with Gasteiger partial charge in [0.05, 0.1) is 0 Å². The van der Waals surface area contributed by atoms with E-state index in [1.807, 2.05) is 6.07 Å². The molecule has 1 N–H and O–H groups in total. The van der Waals surface area contributed by atoms with E-state index in [1.165, 1.54) is 0 Å². The Bertz CT molecular complexity index is 169. The fourth-order valence-electron chi connectivity index (χ4n) is 0.578. The molecule has 48 valence electrons. The van der Waals surface area contributed by atoms with Crippen molar-refractivity contribution in [3.05, 3.63) is 24.0 Å². The predicted octanol–water partition coefficient (Wildman–Crippen LogP) is 0.688. The van der Waals surface area contributed by atoms with E-state index in [2.05, 4.69) is 9.72 Å². The van der Waals surface area contributed by atoms with E-state index in [0.717, 1.165) is 5.56 Å². The number of aromatic amines is 1. The van der Waals surface area contributed by atoms with Gasteiger partial charge in [-0.1, -0.05) is 0 Å². The van der Waals surface area contributed by atoms with Crippen molar-refractivity contribution in [2.75, 3.05) is 0 Å². The molecule has 0 unspecified atom stereocenters. The molecule has 1 aromatic rings. The van der Waals surface area contributed by atoms with Gasteiger partial charge in [-0.15, -0.1) is 0 Å². The van der Waals surface area contributed by atoms with E-state index in [4.69, 9.17) is 0 Å². The van der Waals surface area contributed by atoms with E-state index >= 15 is 0 Å². The van der Waals surface area contributed by atoms with Crippen LogP contribution in [0.25, 0.3) is 0 Å². The van der Waals surface area contributed by atoms with Crippen LogP contribution in [0.4, 0.5) is 0 Å². The van der Waals surface area contributed by atoms with Crippen LogP contribution in [0.15, 0.2) is 18.5 Å². The molecular formula is C6H7NO2. The smallest absolute Gasteiger partial charge is 0.293 e. The van der Waals surface area contributed by atoms with Crippen LogP contribution in [0.3, 0.4) is 0 Å². The third kappa shape index (κ3) is 1.60. The molecule has 0 saturated heterocycles. The summed E-state index contributed by atoms with van der Waals surface area (Å²) in [7, 11) is 0. The first kappa shape index (κ1) is 5.88. The number of carbonyl (C=O) groups excluding carboxylic acids is 1. The normalized spacial score (nSPS) is 8.89. The molecule has 3 heteroatoms. The van der Waals surface area contributed by atoms with E-state index in [0.29, 0.717) is 13.1 Å². The fourth-order valence-corrected chi connectivity index (χ4v) is 0.578. The Morgan fingerprint density at radius 3 is 3.22 bits per heavy atom. The molecule has 0 radical (unpaired) electrons. The van der Waals surface area contributed by atoms with Crippen molar-refractivity contribution in [1.82, 2.24) is 4.98 Å². The SMILES string of the molecule is O=COCc1cc[nH]c1. The minimum atomic E-state index is 0.354. The standard InChI is InChI=1S/C6H7NO2/c8-5-9-4-6-1-2-7-3-6/h1-3,5,7H,4H2. The fraction of sp³-hybridized carbons (Fsp3) is 0.167. The first-order chi connectivity index (χ1) is 4.43. The highest BCUT2D eigenvalue weighted by Crippen LogP contribution is 1.96. The zero-order chi connectivity index (χ0) is 6.53. The number of hydrogen-bond donors (Lipinski definition) is 1. The minimum Gasteiger partial charge on any atom is -0.463 e. The first-order valence-electron chi connectivity index (χ1n) is 2.60. The summed E-state index contributed by atoms with van der Waals surface area (Å²) < 4.78 is 4.48. The van der Waals surface area contributed by atoms with Crippen molar-refractivity contribution in [2.45, 2.75) is 6.61 Å². The van der Waals surface area contributed by atoms with Gasteiger partial charge < -0.3 is 9.72 Å². The Morgan fingerprint density at radius 2 is 2.67 bits per heavy atom. The summed E-state index contributed by atoms with van der Waals surface area (Å²) >= 11 is 0. The number of carbonyl (C=O) groups is 1. The summed E-state index contributed by atoms with van der Waals surface area (Å²) in [5.41, 5.74) is 0.974. The predicted molar refractivity (Wildman–Crippen MR) is 31.6 cm³/mol. The first-order valence-corrected chi connectivity index (χ1v) is 2.60. The molecule has 9 heavy (non-hydrogen) atoms. The molecule has 1 heterocycles. The number of nitrogens with one attached hydrogen (secondary N) is 1. The summed E-state index contributed by atoms with van der Waals surface area (Å²) in [6.07, 6.45) is 3.56. The maximum absolute atomic E-state index is 9.67. The number of ether oxygens (including phenoxy) is 1. The molecule has 0 bridgehead atoms. The summed E-state index contributed by atoms with van der Waals surface area (Å²) in [4.78, 5) is 12.5. The van der Waals surface area contributed by atoms with Gasteiger partial charge in [0.2, 0.25) is 0 Å². The Hall–Kier alpha value is -1.25. The molecule has 0 atom stereocenters. The molecule has 1 aromatic heterocycles. The van der Waals surface area contributed by atoms with Gasteiger partial charge in [-0.2, -0.15) is 0 Å². The van der Waals surface area contributed by atoms with Gasteiger partial charge in [-0.25, -0.2) is 0 Å². The van der Waals surface area contributed by atoms with E-state index in [1.54, 1.807) is 12.4 Å². The Labute approximate surface area is 52.6 Å². The molecule has 0 aromatic carbocycles. The highest BCUT2D eigenvalue weighted by molar-refractivity contribution is 5.37. The quantitative estimate of drug-likeness (QED) is 0.604. The third-order valence-electron chi connectivity index (χ3n) is 0.980. The van der Waals surface area contributed by atoms with E-state index < -0.39 is 0 Å². The lowest BCUT2D eigenvalue weighted by atomic mass is 10.4. The van der Waals surface area contributed by atoms with Gasteiger partial charge in [0.25, 0.3) is 6.47 Å². The average molecular weight is 125 g/mol. The second kappa shape index (κ2) is 2.91. The Morgan fingerprint density at radius 1 is 1.78 bits per heavy atom. The zero-order valence-electron chi connectivity index (χ0n) is 4.83. The third-order valence-corrected chi connectivity index (χ3v) is 0.980. The summed E-state index contributed by atoms with van der Waals surface area (Å²) in [5.74, 6) is 0. The minimum absolute atomic E-state index is 0.354. The van der Waals surface area contributed by atoms with Crippen molar-refractivity contribution in [1.29, 1.82) is 0 Å². The van der Waals surface area contributed by atoms with Crippen LogP contribution in [-0.4, -0.2) is 11.5 Å². The van der Waals surface area contributed by atoms with Gasteiger partial charge in [0.1, 0.15) is 6.61 Å². The van der Waals surface area contributed by atoms with Crippen LogP contribution >= 0.6 is 0 Å². The van der Waals surface area contributed by atoms with Crippen LogP contribution in [0, 0.1) is 0 Å².